The smallest absolute Gasteiger partial charge is 0.329 e. The topological polar surface area (TPSA) is 120 Å². The van der Waals surface area contributed by atoms with Crippen molar-refractivity contribution in [3.8, 4) is 6.07 Å². The number of carbonyl (C=O) groups is 3. The van der Waals surface area contributed by atoms with Gasteiger partial charge >= 0.3 is 12.0 Å². The second-order valence-corrected chi connectivity index (χ2v) is 6.47. The molecule has 0 aliphatic heterocycles. The summed E-state index contributed by atoms with van der Waals surface area (Å²) in [7, 11) is 0. The Labute approximate surface area is 172 Å². The van der Waals surface area contributed by atoms with Crippen LogP contribution in [-0.2, 0) is 14.3 Å². The molecule has 0 bridgehead atoms. The number of nitrogens with one attached hydrogen (secondary N) is 3. The van der Waals surface area contributed by atoms with Gasteiger partial charge in [-0.3, -0.25) is 4.79 Å². The van der Waals surface area contributed by atoms with Gasteiger partial charge in [0.25, 0.3) is 5.91 Å². The van der Waals surface area contributed by atoms with E-state index < -0.39 is 30.1 Å². The van der Waals surface area contributed by atoms with E-state index in [0.29, 0.717) is 11.4 Å². The summed E-state index contributed by atoms with van der Waals surface area (Å²) in [6.07, 6.45) is -1.11. The average molecular weight is 415 g/mol. The van der Waals surface area contributed by atoms with Gasteiger partial charge < -0.3 is 20.7 Å². The highest BCUT2D eigenvalue weighted by Crippen LogP contribution is 2.20. The number of nitriles is 1. The van der Waals surface area contributed by atoms with Gasteiger partial charge in [-0.05, 0) is 44.2 Å². The Morgan fingerprint density at radius 2 is 1.72 bits per heavy atom. The van der Waals surface area contributed by atoms with Crippen molar-refractivity contribution in [3.05, 3.63) is 59.1 Å². The third-order valence-corrected chi connectivity index (χ3v) is 4.06. The number of carbonyl (C=O) groups excluding carboxylic acids is 3. The maximum Gasteiger partial charge on any atom is 0.329 e. The second kappa shape index (κ2) is 10.1. The van der Waals surface area contributed by atoms with Gasteiger partial charge in [0, 0.05) is 11.4 Å². The molecule has 2 rings (SSSR count). The van der Waals surface area contributed by atoms with Gasteiger partial charge in [0.1, 0.15) is 12.1 Å². The maximum absolute atomic E-state index is 12.2. The van der Waals surface area contributed by atoms with E-state index in [1.54, 1.807) is 30.3 Å². The number of ether oxygens (including phenoxy) is 1. The largest absolute Gasteiger partial charge is 0.451 e. The quantitative estimate of drug-likeness (QED) is 0.626. The number of hydrogen-bond acceptors (Lipinski definition) is 5. The van der Waals surface area contributed by atoms with Crippen molar-refractivity contribution in [1.82, 2.24) is 5.32 Å². The average Bonchev–Trinajstić information content (AvgIpc) is 2.68. The molecule has 0 saturated heterocycles. The molecule has 0 fully saturated rings. The molecule has 150 valence electrons. The minimum absolute atomic E-state index is 0.192. The van der Waals surface area contributed by atoms with E-state index >= 15 is 0 Å². The van der Waals surface area contributed by atoms with E-state index in [1.165, 1.54) is 32.0 Å². The van der Waals surface area contributed by atoms with Gasteiger partial charge in [0.2, 0.25) is 0 Å². The molecule has 0 unspecified atom stereocenters. The number of para-hydroxylation sites is 1. The monoisotopic (exact) mass is 414 g/mol. The molecule has 8 nitrogen and oxygen atoms in total. The summed E-state index contributed by atoms with van der Waals surface area (Å²) in [5.74, 6) is -1.35. The molecule has 2 aromatic rings. The van der Waals surface area contributed by atoms with Crippen LogP contribution >= 0.6 is 11.6 Å². The lowest BCUT2D eigenvalue weighted by Gasteiger charge is -2.18. The standard InChI is InChI=1S/C20H19ClN4O4/c1-12(23-20(28)25-15-6-4-3-5-7-15)19(27)29-13(2)18(26)24-16-9-8-14(11-22)17(21)10-16/h3-10,12-13H,1-2H3,(H,24,26)(H2,23,25,28)/t12-,13-/m0/s1. The van der Waals surface area contributed by atoms with Crippen LogP contribution in [0.5, 0.6) is 0 Å². The van der Waals surface area contributed by atoms with Crippen LogP contribution in [0.3, 0.4) is 0 Å². The van der Waals surface area contributed by atoms with Crippen LogP contribution in [0, 0.1) is 11.3 Å². The summed E-state index contributed by atoms with van der Waals surface area (Å²) in [6.45, 7) is 2.84. The highest BCUT2D eigenvalue weighted by atomic mass is 35.5. The summed E-state index contributed by atoms with van der Waals surface area (Å²) in [5, 5.41) is 16.6. The zero-order valence-corrected chi connectivity index (χ0v) is 16.5. The first-order chi connectivity index (χ1) is 13.8. The van der Waals surface area contributed by atoms with E-state index in [9.17, 15) is 14.4 Å². The van der Waals surface area contributed by atoms with Crippen LogP contribution in [0.2, 0.25) is 5.02 Å². The summed E-state index contributed by atoms with van der Waals surface area (Å²) < 4.78 is 5.09. The highest BCUT2D eigenvalue weighted by Gasteiger charge is 2.23. The number of amides is 3. The fourth-order valence-electron chi connectivity index (χ4n) is 2.20. The van der Waals surface area contributed by atoms with E-state index in [2.05, 4.69) is 16.0 Å². The van der Waals surface area contributed by atoms with Crippen LogP contribution in [0.1, 0.15) is 19.4 Å². The van der Waals surface area contributed by atoms with Crippen molar-refractivity contribution < 1.29 is 19.1 Å². The zero-order valence-electron chi connectivity index (χ0n) is 15.7. The SMILES string of the molecule is C[C@H](NC(=O)Nc1ccccc1)C(=O)O[C@@H](C)C(=O)Nc1ccc(C#N)c(Cl)c1. The van der Waals surface area contributed by atoms with Crippen LogP contribution in [0.25, 0.3) is 0 Å². The summed E-state index contributed by atoms with van der Waals surface area (Å²) >= 11 is 5.92. The molecule has 9 heteroatoms. The molecule has 2 atom stereocenters. The van der Waals surface area contributed by atoms with E-state index in [0.717, 1.165) is 0 Å². The van der Waals surface area contributed by atoms with Crippen molar-refractivity contribution in [3.63, 3.8) is 0 Å². The van der Waals surface area contributed by atoms with Crippen molar-refractivity contribution in [2.45, 2.75) is 26.0 Å². The molecule has 0 aliphatic carbocycles. The van der Waals surface area contributed by atoms with Crippen LogP contribution in [-0.4, -0.2) is 30.1 Å². The van der Waals surface area contributed by atoms with Gasteiger partial charge in [0.15, 0.2) is 6.10 Å². The number of hydrogen-bond donors (Lipinski definition) is 3. The Kier molecular flexibility index (Phi) is 7.57. The minimum atomic E-state index is -1.11. The molecule has 2 aromatic carbocycles. The van der Waals surface area contributed by atoms with E-state index in [4.69, 9.17) is 21.6 Å². The van der Waals surface area contributed by atoms with Gasteiger partial charge in [-0.15, -0.1) is 0 Å². The van der Waals surface area contributed by atoms with E-state index in [-0.39, 0.29) is 10.6 Å². The molecule has 3 amide bonds. The second-order valence-electron chi connectivity index (χ2n) is 6.06. The van der Waals surface area contributed by atoms with Gasteiger partial charge in [-0.25, -0.2) is 9.59 Å². The molecule has 0 radical (unpaired) electrons. The van der Waals surface area contributed by atoms with Crippen molar-refractivity contribution in [2.75, 3.05) is 10.6 Å². The lowest BCUT2D eigenvalue weighted by molar-refractivity contribution is -0.154. The van der Waals surface area contributed by atoms with Gasteiger partial charge in [-0.1, -0.05) is 29.8 Å². The highest BCUT2D eigenvalue weighted by molar-refractivity contribution is 6.32. The number of halogens is 1. The fraction of sp³-hybridized carbons (Fsp3) is 0.200. The van der Waals surface area contributed by atoms with Gasteiger partial charge in [-0.2, -0.15) is 5.26 Å². The summed E-state index contributed by atoms with van der Waals surface area (Å²) in [4.78, 5) is 36.3. The molecular weight excluding hydrogens is 396 g/mol. The minimum Gasteiger partial charge on any atom is -0.451 e. The predicted molar refractivity (Wildman–Crippen MR) is 108 cm³/mol. The lowest BCUT2D eigenvalue weighted by atomic mass is 10.2. The molecule has 29 heavy (non-hydrogen) atoms. The fourth-order valence-corrected chi connectivity index (χ4v) is 2.42. The Morgan fingerprint density at radius 3 is 2.34 bits per heavy atom. The normalized spacial score (nSPS) is 12.1. The Balaban J connectivity index is 1.85. The number of esters is 1. The third kappa shape index (κ3) is 6.52. The first-order valence-electron chi connectivity index (χ1n) is 8.63. The van der Waals surface area contributed by atoms with Crippen molar-refractivity contribution >= 4 is 40.9 Å². The van der Waals surface area contributed by atoms with Crippen molar-refractivity contribution in [1.29, 1.82) is 5.26 Å². The first kappa shape index (κ1) is 21.7. The van der Waals surface area contributed by atoms with E-state index in [1.807, 2.05) is 6.07 Å². The molecule has 3 N–H and O–H groups in total. The molecule has 0 aliphatic rings. The zero-order chi connectivity index (χ0) is 21.4. The first-order valence-corrected chi connectivity index (χ1v) is 9.01. The number of anilines is 2. The number of nitrogens with zero attached hydrogens (tertiary/aromatic N) is 1. The maximum atomic E-state index is 12.2. The number of rotatable bonds is 6. The van der Waals surface area contributed by atoms with Crippen LogP contribution in [0.4, 0.5) is 16.2 Å². The van der Waals surface area contributed by atoms with Gasteiger partial charge in [0.05, 0.1) is 10.6 Å². The molecule has 0 saturated carbocycles. The molecule has 0 aromatic heterocycles. The van der Waals surface area contributed by atoms with Crippen LogP contribution < -0.4 is 16.0 Å². The molecular formula is C20H19ClN4O4. The number of urea groups is 1. The number of benzene rings is 2. The molecule has 0 heterocycles. The summed E-state index contributed by atoms with van der Waals surface area (Å²) in [5.41, 5.74) is 1.20. The Morgan fingerprint density at radius 1 is 1.03 bits per heavy atom. The third-order valence-electron chi connectivity index (χ3n) is 3.75. The van der Waals surface area contributed by atoms with Crippen molar-refractivity contribution in [2.24, 2.45) is 0 Å². The lowest BCUT2D eigenvalue weighted by Crippen LogP contribution is -2.44. The predicted octanol–water partition coefficient (Wildman–Crippen LogP) is 3.29. The van der Waals surface area contributed by atoms with Crippen LogP contribution in [0.15, 0.2) is 48.5 Å². The summed E-state index contributed by atoms with van der Waals surface area (Å²) in [6, 6.07) is 13.5. The Hall–Kier alpha value is -3.57. The Bertz CT molecular complexity index is 943. The molecule has 0 spiro atoms.